The van der Waals surface area contributed by atoms with Crippen LogP contribution in [-0.2, 0) is 0 Å². The Labute approximate surface area is 70.8 Å². The SMILES string of the molecule is OSCCCCCCSO. The Bertz CT molecular complexity index is 53.7. The summed E-state index contributed by atoms with van der Waals surface area (Å²) in [6, 6.07) is 0. The van der Waals surface area contributed by atoms with Gasteiger partial charge in [0.25, 0.3) is 0 Å². The Morgan fingerprint density at radius 2 is 1.10 bits per heavy atom. The van der Waals surface area contributed by atoms with E-state index in [-0.39, 0.29) is 0 Å². The molecule has 0 rings (SSSR count). The normalized spacial score (nSPS) is 10.2. The third kappa shape index (κ3) is 8.62. The summed E-state index contributed by atoms with van der Waals surface area (Å²) in [5.41, 5.74) is 0. The van der Waals surface area contributed by atoms with Crippen molar-refractivity contribution in [2.75, 3.05) is 11.5 Å². The molecule has 0 bridgehead atoms. The molecule has 0 unspecified atom stereocenters. The van der Waals surface area contributed by atoms with Crippen molar-refractivity contribution in [3.05, 3.63) is 0 Å². The summed E-state index contributed by atoms with van der Waals surface area (Å²) in [7, 11) is 0. The second kappa shape index (κ2) is 9.62. The zero-order valence-electron chi connectivity index (χ0n) is 5.95. The molecule has 10 heavy (non-hydrogen) atoms. The molecule has 0 radical (unpaired) electrons. The second-order valence-electron chi connectivity index (χ2n) is 2.08. The fourth-order valence-corrected chi connectivity index (χ4v) is 1.35. The molecule has 0 aliphatic heterocycles. The predicted molar refractivity (Wildman–Crippen MR) is 48.6 cm³/mol. The second-order valence-corrected chi connectivity index (χ2v) is 3.41. The van der Waals surface area contributed by atoms with Gasteiger partial charge in [-0.2, -0.15) is 0 Å². The molecule has 0 atom stereocenters. The third-order valence-electron chi connectivity index (χ3n) is 1.22. The van der Waals surface area contributed by atoms with Gasteiger partial charge in [0, 0.05) is 11.5 Å². The number of unbranched alkanes of at least 4 members (excludes halogenated alkanes) is 3. The minimum absolute atomic E-state index is 0.840. The maximum Gasteiger partial charge on any atom is 0.0195 e. The summed E-state index contributed by atoms with van der Waals surface area (Å²) in [5, 5.41) is 0. The molecule has 0 aromatic heterocycles. The summed E-state index contributed by atoms with van der Waals surface area (Å²) in [6.45, 7) is 0. The smallest absolute Gasteiger partial charge is 0.0195 e. The minimum atomic E-state index is 0.840. The van der Waals surface area contributed by atoms with Crippen LogP contribution in [0.2, 0.25) is 0 Å². The van der Waals surface area contributed by atoms with E-state index in [4.69, 9.17) is 9.11 Å². The van der Waals surface area contributed by atoms with Crippen LogP contribution >= 0.6 is 24.1 Å². The van der Waals surface area contributed by atoms with E-state index < -0.39 is 0 Å². The molecule has 0 aliphatic rings. The Kier molecular flexibility index (Phi) is 10.2. The van der Waals surface area contributed by atoms with E-state index in [0.29, 0.717) is 0 Å². The van der Waals surface area contributed by atoms with E-state index in [9.17, 15) is 0 Å². The standard InChI is InChI=1S/C6H14O2S2/c7-9-5-3-1-2-4-6-10-8/h7-8H,1-6H2. The van der Waals surface area contributed by atoms with E-state index in [1.54, 1.807) is 0 Å². The van der Waals surface area contributed by atoms with Crippen LogP contribution in [0.25, 0.3) is 0 Å². The number of hydrogen-bond acceptors (Lipinski definition) is 4. The van der Waals surface area contributed by atoms with Gasteiger partial charge in [-0.3, -0.25) is 0 Å². The molecule has 4 heteroatoms. The topological polar surface area (TPSA) is 40.5 Å². The fourth-order valence-electron chi connectivity index (χ4n) is 0.687. The van der Waals surface area contributed by atoms with Crippen LogP contribution in [-0.4, -0.2) is 20.6 Å². The van der Waals surface area contributed by atoms with Gasteiger partial charge in [-0.1, -0.05) is 12.8 Å². The third-order valence-corrected chi connectivity index (χ3v) is 2.16. The zero-order chi connectivity index (χ0) is 7.66. The average molecular weight is 182 g/mol. The maximum atomic E-state index is 8.34. The highest BCUT2D eigenvalue weighted by Gasteiger charge is 1.89. The van der Waals surface area contributed by atoms with E-state index in [1.807, 2.05) is 0 Å². The first kappa shape index (κ1) is 10.6. The lowest BCUT2D eigenvalue weighted by molar-refractivity contribution is 0.641. The van der Waals surface area contributed by atoms with Crippen LogP contribution in [0.5, 0.6) is 0 Å². The minimum Gasteiger partial charge on any atom is -0.330 e. The van der Waals surface area contributed by atoms with Gasteiger partial charge in [0.1, 0.15) is 0 Å². The molecule has 0 amide bonds. The summed E-state index contributed by atoms with van der Waals surface area (Å²) < 4.78 is 16.7. The Balaban J connectivity index is 2.65. The first-order valence-electron chi connectivity index (χ1n) is 3.44. The van der Waals surface area contributed by atoms with Crippen molar-refractivity contribution in [2.45, 2.75) is 25.7 Å². The summed E-state index contributed by atoms with van der Waals surface area (Å²) in [6.07, 6.45) is 4.48. The first-order chi connectivity index (χ1) is 4.91. The van der Waals surface area contributed by atoms with Gasteiger partial charge in [-0.25, -0.2) is 0 Å². The molecule has 0 heterocycles. The molecule has 0 spiro atoms. The predicted octanol–water partition coefficient (Wildman–Crippen LogP) is 2.96. The van der Waals surface area contributed by atoms with Gasteiger partial charge in [0.15, 0.2) is 0 Å². The largest absolute Gasteiger partial charge is 0.330 e. The van der Waals surface area contributed by atoms with Crippen LogP contribution in [0.15, 0.2) is 0 Å². The molecular formula is C6H14O2S2. The number of rotatable bonds is 7. The Hall–Kier alpha value is 0.620. The van der Waals surface area contributed by atoms with Crippen LogP contribution in [0, 0.1) is 0 Å². The molecule has 0 aromatic rings. The van der Waals surface area contributed by atoms with E-state index in [1.165, 1.54) is 0 Å². The Morgan fingerprint density at radius 3 is 1.40 bits per heavy atom. The lowest BCUT2D eigenvalue weighted by atomic mass is 10.2. The highest BCUT2D eigenvalue weighted by atomic mass is 32.2. The van der Waals surface area contributed by atoms with Gasteiger partial charge in [-0.15, -0.1) is 0 Å². The highest BCUT2D eigenvalue weighted by Crippen LogP contribution is 2.06. The Morgan fingerprint density at radius 1 is 0.700 bits per heavy atom. The van der Waals surface area contributed by atoms with Crippen molar-refractivity contribution in [3.63, 3.8) is 0 Å². The first-order valence-corrected chi connectivity index (χ1v) is 5.33. The number of hydrogen-bond donors (Lipinski definition) is 2. The molecule has 0 aliphatic carbocycles. The van der Waals surface area contributed by atoms with Gasteiger partial charge in [0.05, 0.1) is 0 Å². The van der Waals surface area contributed by atoms with Crippen molar-refractivity contribution < 1.29 is 9.11 Å². The zero-order valence-corrected chi connectivity index (χ0v) is 7.59. The lowest BCUT2D eigenvalue weighted by Crippen LogP contribution is -1.82. The molecule has 2 nitrogen and oxygen atoms in total. The van der Waals surface area contributed by atoms with Crippen molar-refractivity contribution in [1.29, 1.82) is 0 Å². The van der Waals surface area contributed by atoms with Crippen molar-refractivity contribution in [1.82, 2.24) is 0 Å². The highest BCUT2D eigenvalue weighted by molar-refractivity contribution is 7.93. The summed E-state index contributed by atoms with van der Waals surface area (Å²) in [4.78, 5) is 0. The summed E-state index contributed by atoms with van der Waals surface area (Å²) >= 11 is 1.82. The van der Waals surface area contributed by atoms with Gasteiger partial charge in [0.2, 0.25) is 0 Å². The fraction of sp³-hybridized carbons (Fsp3) is 1.00. The van der Waals surface area contributed by atoms with Gasteiger partial charge < -0.3 is 9.11 Å². The maximum absolute atomic E-state index is 8.34. The van der Waals surface area contributed by atoms with Crippen LogP contribution in [0.3, 0.4) is 0 Å². The lowest BCUT2D eigenvalue weighted by Gasteiger charge is -1.96. The molecular weight excluding hydrogens is 168 g/mol. The van der Waals surface area contributed by atoms with Crippen LogP contribution < -0.4 is 0 Å². The molecule has 0 aromatic carbocycles. The van der Waals surface area contributed by atoms with Crippen LogP contribution in [0.1, 0.15) is 25.7 Å². The summed E-state index contributed by atoms with van der Waals surface area (Å²) in [5.74, 6) is 1.68. The molecule has 0 saturated heterocycles. The molecule has 62 valence electrons. The van der Waals surface area contributed by atoms with Crippen molar-refractivity contribution in [2.24, 2.45) is 0 Å². The van der Waals surface area contributed by atoms with Crippen molar-refractivity contribution >= 4 is 24.1 Å². The van der Waals surface area contributed by atoms with E-state index in [0.717, 1.165) is 61.3 Å². The quantitative estimate of drug-likeness (QED) is 0.469. The average Bonchev–Trinajstić information content (AvgIpc) is 1.97. The molecule has 0 fully saturated rings. The van der Waals surface area contributed by atoms with Gasteiger partial charge >= 0.3 is 0 Å². The van der Waals surface area contributed by atoms with E-state index in [2.05, 4.69) is 0 Å². The molecule has 0 saturated carbocycles. The molecule has 2 N–H and O–H groups in total. The van der Waals surface area contributed by atoms with Crippen LogP contribution in [0.4, 0.5) is 0 Å². The monoisotopic (exact) mass is 182 g/mol. The van der Waals surface area contributed by atoms with Crippen molar-refractivity contribution in [3.8, 4) is 0 Å². The van der Waals surface area contributed by atoms with E-state index >= 15 is 0 Å². The van der Waals surface area contributed by atoms with Gasteiger partial charge in [-0.05, 0) is 36.9 Å².